The fraction of sp³-hybridized carbons (Fsp3) is 0.316. The Labute approximate surface area is 150 Å². The summed E-state index contributed by atoms with van der Waals surface area (Å²) in [6, 6.07) is 10.1. The van der Waals surface area contributed by atoms with Crippen molar-refractivity contribution >= 4 is 5.97 Å². The van der Waals surface area contributed by atoms with E-state index in [1.165, 1.54) is 31.4 Å². The summed E-state index contributed by atoms with van der Waals surface area (Å²) < 4.78 is 18.1. The molecule has 1 heterocycles. The number of nitro groups is 1. The summed E-state index contributed by atoms with van der Waals surface area (Å²) in [7, 11) is 1.24. The van der Waals surface area contributed by atoms with Crippen LogP contribution in [0.25, 0.3) is 0 Å². The molecule has 0 spiro atoms. The highest BCUT2D eigenvalue weighted by Gasteiger charge is 2.54. The number of nitrogens with zero attached hydrogens (tertiary/aromatic N) is 1. The number of rotatable bonds is 4. The Bertz CT molecular complexity index is 807. The first kappa shape index (κ1) is 18.0. The molecule has 6 nitrogen and oxygen atoms in total. The van der Waals surface area contributed by atoms with Crippen LogP contribution in [0, 0.1) is 22.9 Å². The number of aryl methyl sites for hydroxylation is 1. The normalized spacial score (nSPS) is 25.0. The number of benzene rings is 2. The van der Waals surface area contributed by atoms with Crippen LogP contribution in [0.3, 0.4) is 0 Å². The van der Waals surface area contributed by atoms with Crippen LogP contribution in [0.4, 0.5) is 4.39 Å². The Balaban J connectivity index is 2.07. The maximum atomic E-state index is 13.3. The van der Waals surface area contributed by atoms with Gasteiger partial charge in [0.15, 0.2) is 0 Å². The summed E-state index contributed by atoms with van der Waals surface area (Å²) in [5.41, 5.74) is 2.27. The van der Waals surface area contributed by atoms with Crippen molar-refractivity contribution in [2.24, 2.45) is 0 Å². The van der Waals surface area contributed by atoms with Crippen LogP contribution < -0.4 is 5.32 Å². The van der Waals surface area contributed by atoms with E-state index in [1.807, 2.05) is 31.2 Å². The molecule has 3 rings (SSSR count). The van der Waals surface area contributed by atoms with Gasteiger partial charge in [-0.25, -0.2) is 4.39 Å². The van der Waals surface area contributed by atoms with Gasteiger partial charge in [0.25, 0.3) is 0 Å². The molecule has 1 fully saturated rings. The summed E-state index contributed by atoms with van der Waals surface area (Å²) in [5, 5.41) is 15.0. The van der Waals surface area contributed by atoms with E-state index in [4.69, 9.17) is 4.74 Å². The fourth-order valence-corrected chi connectivity index (χ4v) is 3.54. The van der Waals surface area contributed by atoms with Crippen molar-refractivity contribution in [2.75, 3.05) is 7.11 Å². The first-order valence-electron chi connectivity index (χ1n) is 8.21. The van der Waals surface area contributed by atoms with E-state index in [0.717, 1.165) is 11.1 Å². The summed E-state index contributed by atoms with van der Waals surface area (Å²) in [6.45, 7) is 1.93. The molecule has 136 valence electrons. The second-order valence-electron chi connectivity index (χ2n) is 6.41. The van der Waals surface area contributed by atoms with Crippen molar-refractivity contribution in [1.29, 1.82) is 0 Å². The Hall–Kier alpha value is -2.80. The number of ether oxygens (including phenoxy) is 1. The SMILES string of the molecule is COC(=O)[C@@H]1N[C@H](c2ccc(C)cc2)[C@@H]([N+](=O)[O-])[C@@H]1c1ccc(F)cc1. The van der Waals surface area contributed by atoms with Gasteiger partial charge in [-0.15, -0.1) is 0 Å². The zero-order valence-electron chi connectivity index (χ0n) is 14.4. The van der Waals surface area contributed by atoms with Crippen molar-refractivity contribution in [2.45, 2.75) is 31.0 Å². The van der Waals surface area contributed by atoms with Crippen LogP contribution in [0.15, 0.2) is 48.5 Å². The number of nitrogens with one attached hydrogen (secondary N) is 1. The van der Waals surface area contributed by atoms with Crippen LogP contribution in [-0.4, -0.2) is 30.1 Å². The van der Waals surface area contributed by atoms with Crippen molar-refractivity contribution < 1.29 is 18.8 Å². The van der Waals surface area contributed by atoms with Crippen molar-refractivity contribution in [1.82, 2.24) is 5.32 Å². The van der Waals surface area contributed by atoms with E-state index in [0.29, 0.717) is 5.56 Å². The van der Waals surface area contributed by atoms with Gasteiger partial charge in [-0.2, -0.15) is 0 Å². The molecule has 0 radical (unpaired) electrons. The summed E-state index contributed by atoms with van der Waals surface area (Å²) >= 11 is 0. The molecular formula is C19H19FN2O4. The average Bonchev–Trinajstić information content (AvgIpc) is 3.03. The third-order valence-electron chi connectivity index (χ3n) is 4.82. The van der Waals surface area contributed by atoms with Gasteiger partial charge in [0, 0.05) is 4.92 Å². The number of esters is 1. The van der Waals surface area contributed by atoms with E-state index in [2.05, 4.69) is 5.32 Å². The zero-order valence-corrected chi connectivity index (χ0v) is 14.4. The van der Waals surface area contributed by atoms with Gasteiger partial charge in [0.1, 0.15) is 17.9 Å². The minimum atomic E-state index is -1.09. The maximum absolute atomic E-state index is 13.3. The number of carbonyl (C=O) groups excluding carboxylic acids is 1. The lowest BCUT2D eigenvalue weighted by Crippen LogP contribution is -2.37. The molecule has 4 atom stereocenters. The van der Waals surface area contributed by atoms with Crippen LogP contribution >= 0.6 is 0 Å². The van der Waals surface area contributed by atoms with E-state index < -0.39 is 35.8 Å². The van der Waals surface area contributed by atoms with Crippen molar-refractivity contribution in [3.8, 4) is 0 Å². The van der Waals surface area contributed by atoms with Crippen molar-refractivity contribution in [3.05, 3.63) is 81.2 Å². The Morgan fingerprint density at radius 3 is 2.23 bits per heavy atom. The number of carbonyl (C=O) groups is 1. The predicted molar refractivity (Wildman–Crippen MR) is 92.8 cm³/mol. The maximum Gasteiger partial charge on any atom is 0.323 e. The lowest BCUT2D eigenvalue weighted by molar-refractivity contribution is -0.527. The molecule has 7 heteroatoms. The number of hydrogen-bond acceptors (Lipinski definition) is 5. The largest absolute Gasteiger partial charge is 0.468 e. The van der Waals surface area contributed by atoms with Gasteiger partial charge in [-0.3, -0.25) is 20.2 Å². The molecule has 1 aliphatic heterocycles. The number of halogens is 1. The molecule has 0 bridgehead atoms. The van der Waals surface area contributed by atoms with Gasteiger partial charge in [0.05, 0.1) is 13.0 Å². The second kappa shape index (κ2) is 7.21. The molecule has 0 amide bonds. The molecule has 0 saturated carbocycles. The Morgan fingerprint density at radius 1 is 1.12 bits per heavy atom. The lowest BCUT2D eigenvalue weighted by atomic mass is 9.85. The molecule has 0 aliphatic carbocycles. The molecule has 1 N–H and O–H groups in total. The molecular weight excluding hydrogens is 339 g/mol. The van der Waals surface area contributed by atoms with E-state index in [1.54, 1.807) is 0 Å². The third-order valence-corrected chi connectivity index (χ3v) is 4.82. The molecule has 2 aromatic carbocycles. The quantitative estimate of drug-likeness (QED) is 0.516. The van der Waals surface area contributed by atoms with Crippen LogP contribution in [0.2, 0.25) is 0 Å². The summed E-state index contributed by atoms with van der Waals surface area (Å²) in [5.74, 6) is -1.80. The molecule has 1 aliphatic rings. The zero-order chi connectivity index (χ0) is 18.8. The van der Waals surface area contributed by atoms with Gasteiger partial charge in [-0.1, -0.05) is 42.0 Å². The standard InChI is InChI=1S/C19H19FN2O4/c1-11-3-5-13(6-4-11)16-18(22(24)25)15(17(21-16)19(23)26-2)12-7-9-14(20)10-8-12/h3-10,15-18,21H,1-2H3/t15-,16-,17-,18+/m1/s1. The van der Waals surface area contributed by atoms with Gasteiger partial charge in [0.2, 0.25) is 6.04 Å². The number of methoxy groups -OCH3 is 1. The first-order valence-corrected chi connectivity index (χ1v) is 8.21. The molecule has 0 aromatic heterocycles. The van der Waals surface area contributed by atoms with E-state index >= 15 is 0 Å². The predicted octanol–water partition coefficient (Wildman–Crippen LogP) is 2.75. The highest BCUT2D eigenvalue weighted by Crippen LogP contribution is 2.40. The van der Waals surface area contributed by atoms with Crippen LogP contribution in [0.1, 0.15) is 28.7 Å². The van der Waals surface area contributed by atoms with Gasteiger partial charge >= 0.3 is 5.97 Å². The van der Waals surface area contributed by atoms with Crippen LogP contribution in [-0.2, 0) is 9.53 Å². The molecule has 26 heavy (non-hydrogen) atoms. The fourth-order valence-electron chi connectivity index (χ4n) is 3.54. The second-order valence-corrected chi connectivity index (χ2v) is 6.41. The van der Waals surface area contributed by atoms with Crippen molar-refractivity contribution in [3.63, 3.8) is 0 Å². The van der Waals surface area contributed by atoms with Gasteiger partial charge in [-0.05, 0) is 30.2 Å². The first-order chi connectivity index (χ1) is 12.4. The molecule has 2 aromatic rings. The summed E-state index contributed by atoms with van der Waals surface area (Å²) in [6.07, 6.45) is 0. The van der Waals surface area contributed by atoms with E-state index in [-0.39, 0.29) is 4.92 Å². The number of hydrogen-bond donors (Lipinski definition) is 1. The minimum absolute atomic E-state index is 0.380. The topological polar surface area (TPSA) is 81.5 Å². The van der Waals surface area contributed by atoms with Crippen LogP contribution in [0.5, 0.6) is 0 Å². The molecule has 1 saturated heterocycles. The lowest BCUT2D eigenvalue weighted by Gasteiger charge is -2.19. The van der Waals surface area contributed by atoms with E-state index in [9.17, 15) is 19.3 Å². The highest BCUT2D eigenvalue weighted by molar-refractivity contribution is 5.78. The average molecular weight is 358 g/mol. The van der Waals surface area contributed by atoms with Gasteiger partial charge < -0.3 is 4.74 Å². The monoisotopic (exact) mass is 358 g/mol. The summed E-state index contributed by atoms with van der Waals surface area (Å²) in [4.78, 5) is 23.8. The Morgan fingerprint density at radius 2 is 1.69 bits per heavy atom. The highest BCUT2D eigenvalue weighted by atomic mass is 19.1. The molecule has 0 unspecified atom stereocenters. The smallest absolute Gasteiger partial charge is 0.323 e. The Kier molecular flexibility index (Phi) is 4.99. The minimum Gasteiger partial charge on any atom is -0.468 e. The third kappa shape index (κ3) is 3.30.